The molecule has 0 bridgehead atoms. The van der Waals surface area contributed by atoms with E-state index in [1.54, 1.807) is 0 Å². The molecule has 2 atom stereocenters. The van der Waals surface area contributed by atoms with Crippen molar-refractivity contribution in [2.75, 3.05) is 0 Å². The van der Waals surface area contributed by atoms with Gasteiger partial charge in [0.2, 0.25) is 0 Å². The first-order valence-corrected chi connectivity index (χ1v) is 9.06. The van der Waals surface area contributed by atoms with Crippen LogP contribution in [0.1, 0.15) is 51.5 Å². The molecule has 110 valence electrons. The third kappa shape index (κ3) is 4.26. The second-order valence-corrected chi connectivity index (χ2v) is 8.33. The summed E-state index contributed by atoms with van der Waals surface area (Å²) in [6, 6.07) is 10.0. The predicted octanol–water partition coefficient (Wildman–Crippen LogP) is 4.86. The van der Waals surface area contributed by atoms with Crippen LogP contribution in [0, 0.1) is 11.8 Å². The van der Waals surface area contributed by atoms with Crippen molar-refractivity contribution < 1.29 is 0 Å². The molecular formula is C18H27NS. The number of hydrogen-bond donors (Lipinski definition) is 1. The fraction of sp³-hybridized carbons (Fsp3) is 0.667. The molecule has 2 saturated carbocycles. The minimum absolute atomic E-state index is 0.800. The van der Waals surface area contributed by atoms with Crippen LogP contribution in [0.15, 0.2) is 29.2 Å². The molecule has 2 aliphatic rings. The molecule has 0 heterocycles. The molecule has 1 aromatic rings. The lowest BCUT2D eigenvalue weighted by atomic mass is 9.83. The van der Waals surface area contributed by atoms with Gasteiger partial charge in [0.25, 0.3) is 0 Å². The minimum Gasteiger partial charge on any atom is -0.310 e. The van der Waals surface area contributed by atoms with Gasteiger partial charge in [-0.2, -0.15) is 0 Å². The first-order valence-electron chi connectivity index (χ1n) is 8.18. The number of nitrogens with one attached hydrogen (secondary N) is 1. The molecule has 1 nitrogen and oxygen atoms in total. The van der Waals surface area contributed by atoms with Crippen molar-refractivity contribution in [2.24, 2.45) is 11.8 Å². The fourth-order valence-corrected chi connectivity index (χ4v) is 4.92. The summed E-state index contributed by atoms with van der Waals surface area (Å²) >= 11 is 2.10. The highest BCUT2D eigenvalue weighted by molar-refractivity contribution is 8.00. The molecule has 0 spiro atoms. The molecule has 2 unspecified atom stereocenters. The number of hydrogen-bond acceptors (Lipinski definition) is 2. The van der Waals surface area contributed by atoms with E-state index in [4.69, 9.17) is 0 Å². The summed E-state index contributed by atoms with van der Waals surface area (Å²) in [6.07, 6.45) is 6.93. The summed E-state index contributed by atoms with van der Waals surface area (Å²) < 4.78 is 0. The second kappa shape index (κ2) is 6.53. The highest BCUT2D eigenvalue weighted by atomic mass is 32.2. The van der Waals surface area contributed by atoms with Crippen molar-refractivity contribution in [1.82, 2.24) is 5.32 Å². The lowest BCUT2D eigenvalue weighted by Crippen LogP contribution is -2.21. The highest BCUT2D eigenvalue weighted by Crippen LogP contribution is 2.38. The maximum absolute atomic E-state index is 3.58. The molecule has 0 saturated heterocycles. The summed E-state index contributed by atoms with van der Waals surface area (Å²) in [6.45, 7) is 5.86. The highest BCUT2D eigenvalue weighted by Gasteiger charge is 2.24. The van der Waals surface area contributed by atoms with Gasteiger partial charge in [-0.15, -0.1) is 11.8 Å². The third-order valence-electron chi connectivity index (χ3n) is 4.53. The number of benzene rings is 1. The Kier molecular flexibility index (Phi) is 4.72. The summed E-state index contributed by atoms with van der Waals surface area (Å²) in [4.78, 5) is 1.45. The monoisotopic (exact) mass is 289 g/mol. The van der Waals surface area contributed by atoms with Crippen LogP contribution >= 0.6 is 11.8 Å². The second-order valence-electron chi connectivity index (χ2n) is 6.96. The van der Waals surface area contributed by atoms with E-state index in [9.17, 15) is 0 Å². The van der Waals surface area contributed by atoms with Gasteiger partial charge in [0, 0.05) is 22.7 Å². The zero-order chi connectivity index (χ0) is 13.9. The van der Waals surface area contributed by atoms with Gasteiger partial charge in [-0.1, -0.05) is 26.0 Å². The Morgan fingerprint density at radius 2 is 1.65 bits per heavy atom. The van der Waals surface area contributed by atoms with E-state index in [0.717, 1.165) is 29.7 Å². The van der Waals surface area contributed by atoms with Crippen LogP contribution in [-0.4, -0.2) is 11.3 Å². The molecule has 3 rings (SSSR count). The summed E-state index contributed by atoms with van der Waals surface area (Å²) in [7, 11) is 0. The van der Waals surface area contributed by atoms with Crippen molar-refractivity contribution in [3.63, 3.8) is 0 Å². The van der Waals surface area contributed by atoms with Crippen molar-refractivity contribution in [1.29, 1.82) is 0 Å². The largest absolute Gasteiger partial charge is 0.310 e. The summed E-state index contributed by atoms with van der Waals surface area (Å²) in [5.74, 6) is 1.80. The zero-order valence-electron chi connectivity index (χ0n) is 12.8. The third-order valence-corrected chi connectivity index (χ3v) is 5.80. The standard InChI is InChI=1S/C18H27NS/c1-13-9-14(2)11-18(10-13)20-17-7-3-15(4-8-17)12-19-16-5-6-16/h3-4,7-8,13-14,16,18-19H,5-6,9-12H2,1-2H3. The topological polar surface area (TPSA) is 12.0 Å². The van der Waals surface area contributed by atoms with Gasteiger partial charge in [-0.25, -0.2) is 0 Å². The van der Waals surface area contributed by atoms with Gasteiger partial charge in [0.15, 0.2) is 0 Å². The molecule has 1 aromatic carbocycles. The van der Waals surface area contributed by atoms with Crippen LogP contribution in [-0.2, 0) is 6.54 Å². The van der Waals surface area contributed by atoms with Crippen LogP contribution < -0.4 is 5.32 Å². The first-order chi connectivity index (χ1) is 9.69. The summed E-state index contributed by atoms with van der Waals surface area (Å²) in [5, 5.41) is 4.40. The lowest BCUT2D eigenvalue weighted by Gasteiger charge is -2.31. The van der Waals surface area contributed by atoms with Crippen molar-refractivity contribution in [3.8, 4) is 0 Å². The fourth-order valence-electron chi connectivity index (χ4n) is 3.40. The van der Waals surface area contributed by atoms with E-state index in [0.29, 0.717) is 0 Å². The predicted molar refractivity (Wildman–Crippen MR) is 88.1 cm³/mol. The van der Waals surface area contributed by atoms with E-state index >= 15 is 0 Å². The molecule has 0 aromatic heterocycles. The molecular weight excluding hydrogens is 262 g/mol. The Morgan fingerprint density at radius 3 is 2.25 bits per heavy atom. The van der Waals surface area contributed by atoms with Gasteiger partial charge >= 0.3 is 0 Å². The van der Waals surface area contributed by atoms with Crippen LogP contribution in [0.2, 0.25) is 0 Å². The molecule has 2 fully saturated rings. The van der Waals surface area contributed by atoms with E-state index in [-0.39, 0.29) is 0 Å². The van der Waals surface area contributed by atoms with Gasteiger partial charge in [0.1, 0.15) is 0 Å². The Bertz CT molecular complexity index is 414. The molecule has 1 N–H and O–H groups in total. The van der Waals surface area contributed by atoms with Crippen LogP contribution in [0.5, 0.6) is 0 Å². The maximum atomic E-state index is 3.58. The van der Waals surface area contributed by atoms with Gasteiger partial charge < -0.3 is 5.32 Å². The number of thioether (sulfide) groups is 1. The average Bonchev–Trinajstić information content (AvgIpc) is 3.21. The van der Waals surface area contributed by atoms with Gasteiger partial charge in [0.05, 0.1) is 0 Å². The first kappa shape index (κ1) is 14.5. The van der Waals surface area contributed by atoms with Gasteiger partial charge in [-0.05, 0) is 61.6 Å². The Hall–Kier alpha value is -0.470. The minimum atomic E-state index is 0.800. The smallest absolute Gasteiger partial charge is 0.0208 e. The van der Waals surface area contributed by atoms with Crippen molar-refractivity contribution >= 4 is 11.8 Å². The van der Waals surface area contributed by atoms with Crippen LogP contribution in [0.3, 0.4) is 0 Å². The van der Waals surface area contributed by atoms with Crippen LogP contribution in [0.25, 0.3) is 0 Å². The maximum Gasteiger partial charge on any atom is 0.0208 e. The summed E-state index contributed by atoms with van der Waals surface area (Å²) in [5.41, 5.74) is 1.42. The SMILES string of the molecule is CC1CC(C)CC(Sc2ccc(CNC3CC3)cc2)C1. The Morgan fingerprint density at radius 1 is 1.00 bits per heavy atom. The quantitative estimate of drug-likeness (QED) is 0.831. The number of rotatable bonds is 5. The van der Waals surface area contributed by atoms with E-state index in [1.165, 1.54) is 42.6 Å². The molecule has 0 aliphatic heterocycles. The van der Waals surface area contributed by atoms with E-state index in [2.05, 4.69) is 55.2 Å². The van der Waals surface area contributed by atoms with Crippen LogP contribution in [0.4, 0.5) is 0 Å². The Labute approximate surface area is 127 Å². The zero-order valence-corrected chi connectivity index (χ0v) is 13.6. The van der Waals surface area contributed by atoms with Crippen molar-refractivity contribution in [2.45, 2.75) is 68.7 Å². The Balaban J connectivity index is 1.51. The molecule has 0 radical (unpaired) electrons. The average molecular weight is 289 g/mol. The molecule has 2 heteroatoms. The molecule has 0 amide bonds. The lowest BCUT2D eigenvalue weighted by molar-refractivity contribution is 0.309. The molecule has 2 aliphatic carbocycles. The normalized spacial score (nSPS) is 30.4. The van der Waals surface area contributed by atoms with Gasteiger partial charge in [-0.3, -0.25) is 0 Å². The molecule has 20 heavy (non-hydrogen) atoms. The van der Waals surface area contributed by atoms with Crippen molar-refractivity contribution in [3.05, 3.63) is 29.8 Å². The van der Waals surface area contributed by atoms with E-state index < -0.39 is 0 Å². The van der Waals surface area contributed by atoms with E-state index in [1.807, 2.05) is 0 Å².